The van der Waals surface area contributed by atoms with Crippen molar-refractivity contribution in [2.45, 2.75) is 19.4 Å². The zero-order valence-electron chi connectivity index (χ0n) is 14.5. The zero-order valence-corrected chi connectivity index (χ0v) is 14.5. The number of amides is 1. The van der Waals surface area contributed by atoms with Crippen LogP contribution in [0.4, 0.5) is 0 Å². The van der Waals surface area contributed by atoms with Crippen LogP contribution in [-0.2, 0) is 11.2 Å². The highest BCUT2D eigenvalue weighted by atomic mass is 16.5. The quantitative estimate of drug-likeness (QED) is 0.848. The maximum atomic E-state index is 12.3. The highest BCUT2D eigenvalue weighted by Crippen LogP contribution is 2.38. The first-order chi connectivity index (χ1) is 11.6. The van der Waals surface area contributed by atoms with E-state index in [1.165, 1.54) is 0 Å². The van der Waals surface area contributed by atoms with Gasteiger partial charge in [0.15, 0.2) is 11.5 Å². The van der Waals surface area contributed by atoms with Gasteiger partial charge in [0.05, 0.1) is 33.8 Å². The predicted molar refractivity (Wildman–Crippen MR) is 92.8 cm³/mol. The Balaban J connectivity index is 2.11. The molecule has 0 aliphatic rings. The van der Waals surface area contributed by atoms with Crippen molar-refractivity contribution in [3.8, 4) is 17.2 Å². The summed E-state index contributed by atoms with van der Waals surface area (Å²) in [5.41, 5.74) is 1.86. The van der Waals surface area contributed by atoms with Crippen molar-refractivity contribution < 1.29 is 19.0 Å². The third kappa shape index (κ3) is 4.19. The van der Waals surface area contributed by atoms with Gasteiger partial charge < -0.3 is 19.5 Å². The van der Waals surface area contributed by atoms with Gasteiger partial charge in [0.1, 0.15) is 0 Å². The number of methoxy groups -OCH3 is 3. The maximum Gasteiger partial charge on any atom is 0.224 e. The first-order valence-corrected chi connectivity index (χ1v) is 7.72. The minimum absolute atomic E-state index is 0.0549. The molecule has 1 amide bonds. The number of nitrogens with one attached hydrogen (secondary N) is 1. The number of carbonyl (C=O) groups excluding carboxylic acids is 1. The molecule has 0 aliphatic heterocycles. The van der Waals surface area contributed by atoms with Gasteiger partial charge >= 0.3 is 0 Å². The second-order valence-corrected chi connectivity index (χ2v) is 5.41. The Kier molecular flexibility index (Phi) is 6.07. The van der Waals surface area contributed by atoms with E-state index in [9.17, 15) is 4.79 Å². The van der Waals surface area contributed by atoms with Gasteiger partial charge in [0.2, 0.25) is 11.7 Å². The molecule has 0 spiro atoms. The first-order valence-electron chi connectivity index (χ1n) is 7.72. The molecule has 2 aromatic carbocycles. The first kappa shape index (κ1) is 17.7. The molecular formula is C19H23NO4. The van der Waals surface area contributed by atoms with Crippen molar-refractivity contribution in [1.29, 1.82) is 0 Å². The van der Waals surface area contributed by atoms with E-state index in [1.807, 2.05) is 37.3 Å². The summed E-state index contributed by atoms with van der Waals surface area (Å²) in [6.45, 7) is 1.96. The van der Waals surface area contributed by atoms with Crippen LogP contribution in [0.15, 0.2) is 42.5 Å². The van der Waals surface area contributed by atoms with Crippen molar-refractivity contribution in [3.63, 3.8) is 0 Å². The van der Waals surface area contributed by atoms with Crippen molar-refractivity contribution >= 4 is 5.91 Å². The van der Waals surface area contributed by atoms with E-state index in [0.29, 0.717) is 17.2 Å². The van der Waals surface area contributed by atoms with E-state index in [4.69, 9.17) is 14.2 Å². The minimum Gasteiger partial charge on any atom is -0.493 e. The minimum atomic E-state index is -0.0689. The number of hydrogen-bond acceptors (Lipinski definition) is 4. The number of ether oxygens (including phenoxy) is 3. The topological polar surface area (TPSA) is 56.8 Å². The molecule has 2 aromatic rings. The summed E-state index contributed by atoms with van der Waals surface area (Å²) in [6.07, 6.45) is 0.230. The summed E-state index contributed by atoms with van der Waals surface area (Å²) in [5, 5.41) is 3.00. The van der Waals surface area contributed by atoms with Crippen molar-refractivity contribution in [3.05, 3.63) is 53.6 Å². The molecular weight excluding hydrogens is 306 g/mol. The molecule has 2 rings (SSSR count). The van der Waals surface area contributed by atoms with Crippen LogP contribution in [0.3, 0.4) is 0 Å². The fourth-order valence-corrected chi connectivity index (χ4v) is 2.54. The molecule has 24 heavy (non-hydrogen) atoms. The largest absolute Gasteiger partial charge is 0.493 e. The van der Waals surface area contributed by atoms with E-state index in [0.717, 1.165) is 11.1 Å². The Morgan fingerprint density at radius 1 is 1.00 bits per heavy atom. The summed E-state index contributed by atoms with van der Waals surface area (Å²) in [6, 6.07) is 13.4. The molecule has 0 saturated heterocycles. The Hall–Kier alpha value is -2.69. The molecule has 0 aliphatic carbocycles. The lowest BCUT2D eigenvalue weighted by Gasteiger charge is -2.16. The fourth-order valence-electron chi connectivity index (χ4n) is 2.54. The number of carbonyl (C=O) groups is 1. The van der Waals surface area contributed by atoms with E-state index < -0.39 is 0 Å². The van der Waals surface area contributed by atoms with Crippen LogP contribution in [0, 0.1) is 0 Å². The highest BCUT2D eigenvalue weighted by Gasteiger charge is 2.16. The summed E-state index contributed by atoms with van der Waals surface area (Å²) >= 11 is 0. The SMILES string of the molecule is COc1cc(CC(=O)N[C@H](C)c2ccccc2)cc(OC)c1OC. The summed E-state index contributed by atoms with van der Waals surface area (Å²) in [5.74, 6) is 1.52. The average Bonchev–Trinajstić information content (AvgIpc) is 2.61. The summed E-state index contributed by atoms with van der Waals surface area (Å²) in [4.78, 5) is 12.3. The van der Waals surface area contributed by atoms with Crippen LogP contribution in [0.25, 0.3) is 0 Å². The van der Waals surface area contributed by atoms with Gasteiger partial charge in [0, 0.05) is 0 Å². The number of rotatable bonds is 7. The van der Waals surface area contributed by atoms with E-state index >= 15 is 0 Å². The zero-order chi connectivity index (χ0) is 17.5. The second kappa shape index (κ2) is 8.24. The van der Waals surface area contributed by atoms with E-state index in [-0.39, 0.29) is 18.4 Å². The van der Waals surface area contributed by atoms with Gasteiger partial charge in [-0.05, 0) is 30.2 Å². The third-order valence-corrected chi connectivity index (χ3v) is 3.77. The van der Waals surface area contributed by atoms with Gasteiger partial charge in [-0.1, -0.05) is 30.3 Å². The van der Waals surface area contributed by atoms with Gasteiger partial charge in [-0.2, -0.15) is 0 Å². The molecule has 0 aromatic heterocycles. The fraction of sp³-hybridized carbons (Fsp3) is 0.316. The van der Waals surface area contributed by atoms with Crippen LogP contribution in [0.2, 0.25) is 0 Å². The monoisotopic (exact) mass is 329 g/mol. The molecule has 0 heterocycles. The van der Waals surface area contributed by atoms with E-state index in [1.54, 1.807) is 33.5 Å². The molecule has 1 atom stereocenters. The number of hydrogen-bond donors (Lipinski definition) is 1. The Bertz CT molecular complexity index is 660. The summed E-state index contributed by atoms with van der Waals surface area (Å²) in [7, 11) is 4.66. The van der Waals surface area contributed by atoms with Gasteiger partial charge in [-0.15, -0.1) is 0 Å². The second-order valence-electron chi connectivity index (χ2n) is 5.41. The molecule has 5 nitrogen and oxygen atoms in total. The molecule has 128 valence electrons. The van der Waals surface area contributed by atoms with Crippen LogP contribution in [-0.4, -0.2) is 27.2 Å². The lowest BCUT2D eigenvalue weighted by atomic mass is 10.1. The van der Waals surface area contributed by atoms with Crippen LogP contribution < -0.4 is 19.5 Å². The Morgan fingerprint density at radius 3 is 2.08 bits per heavy atom. The normalized spacial score (nSPS) is 11.5. The van der Waals surface area contributed by atoms with Gasteiger partial charge in [-0.3, -0.25) is 4.79 Å². The molecule has 0 unspecified atom stereocenters. The number of benzene rings is 2. The van der Waals surface area contributed by atoms with Crippen molar-refractivity contribution in [2.75, 3.05) is 21.3 Å². The van der Waals surface area contributed by atoms with Gasteiger partial charge in [-0.25, -0.2) is 0 Å². The Labute approximate surface area is 142 Å². The molecule has 0 radical (unpaired) electrons. The lowest BCUT2D eigenvalue weighted by molar-refractivity contribution is -0.121. The predicted octanol–water partition coefficient (Wildman–Crippen LogP) is 3.13. The molecule has 0 saturated carbocycles. The average molecular weight is 329 g/mol. The molecule has 5 heteroatoms. The van der Waals surface area contributed by atoms with Crippen LogP contribution in [0.5, 0.6) is 17.2 Å². The Morgan fingerprint density at radius 2 is 1.58 bits per heavy atom. The van der Waals surface area contributed by atoms with Crippen molar-refractivity contribution in [1.82, 2.24) is 5.32 Å². The third-order valence-electron chi connectivity index (χ3n) is 3.77. The molecule has 1 N–H and O–H groups in total. The highest BCUT2D eigenvalue weighted by molar-refractivity contribution is 5.79. The maximum absolute atomic E-state index is 12.3. The summed E-state index contributed by atoms with van der Waals surface area (Å²) < 4.78 is 15.9. The van der Waals surface area contributed by atoms with Crippen LogP contribution in [0.1, 0.15) is 24.1 Å². The van der Waals surface area contributed by atoms with Crippen molar-refractivity contribution in [2.24, 2.45) is 0 Å². The lowest BCUT2D eigenvalue weighted by Crippen LogP contribution is -2.28. The molecule has 0 bridgehead atoms. The standard InChI is InChI=1S/C19H23NO4/c1-13(15-8-6-5-7-9-15)20-18(21)12-14-10-16(22-2)19(24-4)17(11-14)23-3/h5-11,13H,12H2,1-4H3,(H,20,21)/t13-/m1/s1. The molecule has 0 fully saturated rings. The van der Waals surface area contributed by atoms with E-state index in [2.05, 4.69) is 5.32 Å². The van der Waals surface area contributed by atoms with Crippen LogP contribution >= 0.6 is 0 Å². The van der Waals surface area contributed by atoms with Gasteiger partial charge in [0.25, 0.3) is 0 Å². The smallest absolute Gasteiger partial charge is 0.224 e.